The quantitative estimate of drug-likeness (QED) is 0.616. The lowest BCUT2D eigenvalue weighted by Crippen LogP contribution is -2.14. The number of ether oxygens (including phenoxy) is 3. The Hall–Kier alpha value is -0.610. The van der Waals surface area contributed by atoms with Gasteiger partial charge in [0.2, 0.25) is 0 Å². The van der Waals surface area contributed by atoms with Crippen LogP contribution >= 0.6 is 0 Å². The van der Waals surface area contributed by atoms with Crippen LogP contribution in [0.1, 0.15) is 19.8 Å². The van der Waals surface area contributed by atoms with Crippen molar-refractivity contribution in [3.05, 3.63) is 0 Å². The third kappa shape index (κ3) is 3.74. The van der Waals surface area contributed by atoms with Crippen molar-refractivity contribution in [1.82, 2.24) is 0 Å². The lowest BCUT2D eigenvalue weighted by atomic mass is 10.1. The van der Waals surface area contributed by atoms with Crippen LogP contribution in [-0.2, 0) is 19.0 Å². The molecule has 4 nitrogen and oxygen atoms in total. The van der Waals surface area contributed by atoms with Crippen LogP contribution in [0.3, 0.4) is 0 Å². The Morgan fingerprint density at radius 3 is 2.92 bits per heavy atom. The van der Waals surface area contributed by atoms with E-state index in [2.05, 4.69) is 11.7 Å². The van der Waals surface area contributed by atoms with Gasteiger partial charge in [-0.3, -0.25) is 4.79 Å². The first-order valence-electron chi connectivity index (χ1n) is 4.52. The summed E-state index contributed by atoms with van der Waals surface area (Å²) in [6.45, 7) is 3.25. The van der Waals surface area contributed by atoms with Crippen molar-refractivity contribution in [3.8, 4) is 0 Å². The van der Waals surface area contributed by atoms with E-state index in [4.69, 9.17) is 9.47 Å². The fourth-order valence-corrected chi connectivity index (χ4v) is 1.23. The highest BCUT2D eigenvalue weighted by Gasteiger charge is 2.22. The zero-order valence-corrected chi connectivity index (χ0v) is 8.12. The van der Waals surface area contributed by atoms with Gasteiger partial charge >= 0.3 is 5.97 Å². The minimum atomic E-state index is -0.244. The van der Waals surface area contributed by atoms with E-state index in [0.29, 0.717) is 18.9 Å². The van der Waals surface area contributed by atoms with Crippen molar-refractivity contribution < 1.29 is 19.0 Å². The van der Waals surface area contributed by atoms with Crippen molar-refractivity contribution in [2.24, 2.45) is 5.92 Å². The van der Waals surface area contributed by atoms with Gasteiger partial charge in [0.15, 0.2) is 6.29 Å². The molecular weight excluding hydrogens is 172 g/mol. The minimum Gasteiger partial charge on any atom is -0.469 e. The molecular formula is C9H16O4. The number of rotatable bonds is 4. The smallest absolute Gasteiger partial charge is 0.307 e. The van der Waals surface area contributed by atoms with Crippen molar-refractivity contribution in [3.63, 3.8) is 0 Å². The van der Waals surface area contributed by atoms with Crippen LogP contribution in [-0.4, -0.2) is 32.6 Å². The van der Waals surface area contributed by atoms with Gasteiger partial charge < -0.3 is 14.2 Å². The number of hydrogen-bond acceptors (Lipinski definition) is 4. The molecule has 0 aromatic heterocycles. The number of methoxy groups -OCH3 is 1. The second kappa shape index (κ2) is 5.19. The molecule has 0 aromatic rings. The maximum Gasteiger partial charge on any atom is 0.307 e. The zero-order valence-electron chi connectivity index (χ0n) is 8.12. The molecule has 0 radical (unpaired) electrons. The van der Waals surface area contributed by atoms with Gasteiger partial charge in [0, 0.05) is 6.42 Å². The van der Waals surface area contributed by atoms with E-state index in [1.807, 2.05) is 0 Å². The van der Waals surface area contributed by atoms with E-state index in [1.165, 1.54) is 7.11 Å². The molecule has 2 atom stereocenters. The van der Waals surface area contributed by atoms with Gasteiger partial charge in [0.1, 0.15) is 0 Å². The van der Waals surface area contributed by atoms with Gasteiger partial charge in [-0.25, -0.2) is 0 Å². The van der Waals surface area contributed by atoms with Gasteiger partial charge in [0.25, 0.3) is 0 Å². The third-order valence-corrected chi connectivity index (χ3v) is 2.00. The molecule has 1 aliphatic rings. The summed E-state index contributed by atoms with van der Waals surface area (Å²) in [7, 11) is 1.37. The second-order valence-corrected chi connectivity index (χ2v) is 3.30. The molecule has 1 saturated heterocycles. The molecule has 13 heavy (non-hydrogen) atoms. The molecule has 0 N–H and O–H groups in total. The Balaban J connectivity index is 2.03. The Labute approximate surface area is 78.2 Å². The Bertz CT molecular complexity index is 169. The van der Waals surface area contributed by atoms with E-state index in [0.717, 1.165) is 13.0 Å². The summed E-state index contributed by atoms with van der Waals surface area (Å²) < 4.78 is 15.1. The van der Waals surface area contributed by atoms with E-state index in [1.54, 1.807) is 0 Å². The number of carbonyl (C=O) groups is 1. The molecule has 76 valence electrons. The molecule has 1 rings (SSSR count). The fourth-order valence-electron chi connectivity index (χ4n) is 1.23. The fraction of sp³-hybridized carbons (Fsp3) is 0.889. The summed E-state index contributed by atoms with van der Waals surface area (Å²) in [6.07, 6.45) is 1.09. The van der Waals surface area contributed by atoms with Crippen LogP contribution in [0, 0.1) is 5.92 Å². The van der Waals surface area contributed by atoms with Crippen LogP contribution in [0.2, 0.25) is 0 Å². The number of carbonyl (C=O) groups excluding carboxylic acids is 1. The molecule has 0 saturated carbocycles. The first-order chi connectivity index (χ1) is 6.22. The Morgan fingerprint density at radius 2 is 2.38 bits per heavy atom. The Morgan fingerprint density at radius 1 is 1.62 bits per heavy atom. The van der Waals surface area contributed by atoms with Crippen molar-refractivity contribution in [2.45, 2.75) is 26.1 Å². The minimum absolute atomic E-state index is 0.125. The third-order valence-electron chi connectivity index (χ3n) is 2.00. The molecule has 1 aliphatic heterocycles. The highest BCUT2D eigenvalue weighted by molar-refractivity contribution is 5.69. The van der Waals surface area contributed by atoms with Crippen LogP contribution in [0.4, 0.5) is 0 Å². The lowest BCUT2D eigenvalue weighted by molar-refractivity contribution is -0.147. The highest BCUT2D eigenvalue weighted by Crippen LogP contribution is 2.19. The highest BCUT2D eigenvalue weighted by atomic mass is 16.7. The normalized spacial score (nSPS) is 27.5. The average Bonchev–Trinajstić information content (AvgIpc) is 2.51. The van der Waals surface area contributed by atoms with E-state index in [-0.39, 0.29) is 12.3 Å². The molecule has 1 fully saturated rings. The van der Waals surface area contributed by atoms with Crippen LogP contribution in [0.5, 0.6) is 0 Å². The summed E-state index contributed by atoms with van der Waals surface area (Å²) in [5.41, 5.74) is 0. The number of esters is 1. The van der Waals surface area contributed by atoms with E-state index < -0.39 is 0 Å². The predicted molar refractivity (Wildman–Crippen MR) is 46.1 cm³/mol. The first-order valence-corrected chi connectivity index (χ1v) is 4.52. The molecule has 0 amide bonds. The van der Waals surface area contributed by atoms with Gasteiger partial charge in [-0.05, 0) is 5.92 Å². The Kier molecular flexibility index (Phi) is 4.18. The van der Waals surface area contributed by atoms with Crippen LogP contribution in [0.25, 0.3) is 0 Å². The molecule has 1 heterocycles. The van der Waals surface area contributed by atoms with Crippen LogP contribution in [0.15, 0.2) is 0 Å². The monoisotopic (exact) mass is 188 g/mol. The van der Waals surface area contributed by atoms with E-state index in [9.17, 15) is 4.79 Å². The summed E-state index contributed by atoms with van der Waals surface area (Å²) in [5, 5.41) is 0. The SMILES string of the molecule is COC(=O)CCOC1C[C@@H](C)CO1. The molecule has 1 unspecified atom stereocenters. The largest absolute Gasteiger partial charge is 0.469 e. The van der Waals surface area contributed by atoms with Gasteiger partial charge in [-0.15, -0.1) is 0 Å². The van der Waals surface area contributed by atoms with Crippen molar-refractivity contribution >= 4 is 5.97 Å². The standard InChI is InChI=1S/C9H16O4/c1-7-5-9(13-6-7)12-4-3-8(10)11-2/h7,9H,3-6H2,1-2H3/t7-,9?/m1/s1. The van der Waals surface area contributed by atoms with Crippen molar-refractivity contribution in [2.75, 3.05) is 20.3 Å². The van der Waals surface area contributed by atoms with Crippen LogP contribution < -0.4 is 0 Å². The molecule has 0 spiro atoms. The van der Waals surface area contributed by atoms with Gasteiger partial charge in [-0.2, -0.15) is 0 Å². The van der Waals surface area contributed by atoms with Gasteiger partial charge in [0.05, 0.1) is 26.7 Å². The summed E-state index contributed by atoms with van der Waals surface area (Å²) in [4.78, 5) is 10.7. The summed E-state index contributed by atoms with van der Waals surface area (Å²) in [5.74, 6) is 0.314. The summed E-state index contributed by atoms with van der Waals surface area (Å²) in [6, 6.07) is 0. The van der Waals surface area contributed by atoms with Crippen molar-refractivity contribution in [1.29, 1.82) is 0 Å². The number of hydrogen-bond donors (Lipinski definition) is 0. The molecule has 4 heteroatoms. The summed E-state index contributed by atoms with van der Waals surface area (Å²) >= 11 is 0. The average molecular weight is 188 g/mol. The lowest BCUT2D eigenvalue weighted by Gasteiger charge is -2.09. The topological polar surface area (TPSA) is 44.8 Å². The zero-order chi connectivity index (χ0) is 9.68. The maximum atomic E-state index is 10.7. The van der Waals surface area contributed by atoms with Gasteiger partial charge in [-0.1, -0.05) is 6.92 Å². The molecule has 0 aliphatic carbocycles. The first kappa shape index (κ1) is 10.5. The predicted octanol–water partition coefficient (Wildman–Crippen LogP) is 0.949. The van der Waals surface area contributed by atoms with E-state index >= 15 is 0 Å². The maximum absolute atomic E-state index is 10.7. The molecule has 0 aromatic carbocycles. The molecule has 0 bridgehead atoms. The second-order valence-electron chi connectivity index (χ2n) is 3.30.